The largest absolute Gasteiger partial charge is 0.304 e. The van der Waals surface area contributed by atoms with Gasteiger partial charge in [-0.05, 0) is 32.2 Å². The quantitative estimate of drug-likeness (QED) is 0.835. The molecule has 1 saturated heterocycles. The average molecular weight is 311 g/mol. The number of piperazine rings is 1. The van der Waals surface area contributed by atoms with E-state index in [1.54, 1.807) is 0 Å². The van der Waals surface area contributed by atoms with Crippen LogP contribution >= 0.6 is 11.6 Å². The van der Waals surface area contributed by atoms with Crippen molar-refractivity contribution in [3.63, 3.8) is 0 Å². The fraction of sp³-hybridized carbons (Fsp3) is 0.812. The van der Waals surface area contributed by atoms with Gasteiger partial charge in [-0.1, -0.05) is 25.4 Å². The molecule has 1 aliphatic heterocycles. The van der Waals surface area contributed by atoms with Gasteiger partial charge in [-0.3, -0.25) is 9.58 Å². The monoisotopic (exact) mass is 310 g/mol. The number of hydrogen-bond donors (Lipinski definition) is 0. The Bertz CT molecular complexity index is 479. The first-order chi connectivity index (χ1) is 10.0. The van der Waals surface area contributed by atoms with E-state index in [4.69, 9.17) is 11.6 Å². The summed E-state index contributed by atoms with van der Waals surface area (Å²) in [6.07, 6.45) is 5.61. The van der Waals surface area contributed by atoms with E-state index in [1.165, 1.54) is 25.0 Å². The van der Waals surface area contributed by atoms with Crippen LogP contribution in [0.4, 0.5) is 0 Å². The van der Waals surface area contributed by atoms with Gasteiger partial charge in [-0.15, -0.1) is 0 Å². The van der Waals surface area contributed by atoms with Crippen molar-refractivity contribution in [1.29, 1.82) is 0 Å². The molecule has 0 bridgehead atoms. The molecular formula is C16H27ClN4. The van der Waals surface area contributed by atoms with Gasteiger partial charge in [0.2, 0.25) is 0 Å². The Hall–Kier alpha value is -0.580. The minimum absolute atomic E-state index is 0.624. The molecule has 4 nitrogen and oxygen atoms in total. The van der Waals surface area contributed by atoms with Crippen LogP contribution < -0.4 is 0 Å². The Kier molecular flexibility index (Phi) is 4.57. The first-order valence-corrected chi connectivity index (χ1v) is 8.56. The summed E-state index contributed by atoms with van der Waals surface area (Å²) in [5, 5.41) is 5.39. The third kappa shape index (κ3) is 3.61. The van der Waals surface area contributed by atoms with Crippen molar-refractivity contribution in [1.82, 2.24) is 19.6 Å². The van der Waals surface area contributed by atoms with Gasteiger partial charge in [0.05, 0.1) is 23.6 Å². The van der Waals surface area contributed by atoms with Crippen LogP contribution in [0.15, 0.2) is 6.20 Å². The van der Waals surface area contributed by atoms with Gasteiger partial charge in [-0.2, -0.15) is 5.10 Å². The molecule has 2 fully saturated rings. The van der Waals surface area contributed by atoms with Gasteiger partial charge in [0, 0.05) is 31.6 Å². The molecule has 3 rings (SSSR count). The zero-order valence-corrected chi connectivity index (χ0v) is 14.2. The minimum Gasteiger partial charge on any atom is -0.304 e. The fourth-order valence-electron chi connectivity index (χ4n) is 3.42. The zero-order chi connectivity index (χ0) is 15.0. The molecule has 0 spiro atoms. The smallest absolute Gasteiger partial charge is 0.0935 e. The van der Waals surface area contributed by atoms with Gasteiger partial charge in [0.25, 0.3) is 0 Å². The summed E-state index contributed by atoms with van der Waals surface area (Å²) in [7, 11) is 2.23. The third-order valence-electron chi connectivity index (χ3n) is 4.66. The van der Waals surface area contributed by atoms with E-state index in [2.05, 4.69) is 40.5 Å². The Morgan fingerprint density at radius 1 is 1.33 bits per heavy atom. The van der Waals surface area contributed by atoms with Crippen molar-refractivity contribution >= 4 is 11.6 Å². The van der Waals surface area contributed by atoms with Crippen LogP contribution in [0.3, 0.4) is 0 Å². The molecule has 1 aromatic rings. The maximum Gasteiger partial charge on any atom is 0.0935 e. The van der Waals surface area contributed by atoms with E-state index < -0.39 is 0 Å². The van der Waals surface area contributed by atoms with Gasteiger partial charge in [0.1, 0.15) is 0 Å². The van der Waals surface area contributed by atoms with Gasteiger partial charge in [-0.25, -0.2) is 0 Å². The second kappa shape index (κ2) is 6.27. The molecular weight excluding hydrogens is 284 g/mol. The van der Waals surface area contributed by atoms with Crippen molar-refractivity contribution in [3.8, 4) is 0 Å². The molecule has 0 radical (unpaired) electrons. The highest BCUT2D eigenvalue weighted by Gasteiger charge is 2.32. The molecule has 21 heavy (non-hydrogen) atoms. The highest BCUT2D eigenvalue weighted by atomic mass is 35.5. The lowest BCUT2D eigenvalue weighted by molar-refractivity contribution is 0.0476. The summed E-state index contributed by atoms with van der Waals surface area (Å²) in [6.45, 7) is 8.94. The van der Waals surface area contributed by atoms with Crippen LogP contribution in [0, 0.1) is 5.92 Å². The lowest BCUT2D eigenvalue weighted by Crippen LogP contribution is -2.52. The molecule has 2 heterocycles. The first kappa shape index (κ1) is 15.3. The van der Waals surface area contributed by atoms with Crippen molar-refractivity contribution in [2.75, 3.05) is 26.7 Å². The Labute approximate surface area is 133 Å². The summed E-state index contributed by atoms with van der Waals surface area (Å²) in [4.78, 5) is 5.04. The van der Waals surface area contributed by atoms with Crippen molar-refractivity contribution in [2.45, 2.75) is 51.7 Å². The lowest BCUT2D eigenvalue weighted by Gasteiger charge is -2.40. The predicted octanol–water partition coefficient (Wildman–Crippen LogP) is 3.03. The van der Waals surface area contributed by atoms with Crippen LogP contribution in [-0.4, -0.2) is 52.3 Å². The van der Waals surface area contributed by atoms with E-state index in [-0.39, 0.29) is 0 Å². The molecule has 0 N–H and O–H groups in total. The number of hydrogen-bond acceptors (Lipinski definition) is 3. The summed E-state index contributed by atoms with van der Waals surface area (Å²) in [5.74, 6) is 1.38. The van der Waals surface area contributed by atoms with Crippen LogP contribution in [0.5, 0.6) is 0 Å². The zero-order valence-electron chi connectivity index (χ0n) is 13.4. The lowest BCUT2D eigenvalue weighted by atomic mass is 10.0. The van der Waals surface area contributed by atoms with Gasteiger partial charge >= 0.3 is 0 Å². The highest BCUT2D eigenvalue weighted by Crippen LogP contribution is 2.43. The number of rotatable bonds is 5. The molecule has 0 aromatic carbocycles. The topological polar surface area (TPSA) is 24.3 Å². The molecule has 5 heteroatoms. The Morgan fingerprint density at radius 2 is 2.10 bits per heavy atom. The van der Waals surface area contributed by atoms with Gasteiger partial charge < -0.3 is 4.90 Å². The molecule has 2 aliphatic rings. The van der Waals surface area contributed by atoms with Gasteiger partial charge in [0.15, 0.2) is 0 Å². The van der Waals surface area contributed by atoms with Crippen LogP contribution in [0.25, 0.3) is 0 Å². The second-order valence-corrected chi connectivity index (χ2v) is 7.56. The fourth-order valence-corrected chi connectivity index (χ4v) is 3.72. The van der Waals surface area contributed by atoms with Crippen molar-refractivity contribution in [3.05, 3.63) is 16.9 Å². The Balaban J connectivity index is 1.72. The molecule has 1 unspecified atom stereocenters. The van der Waals surface area contributed by atoms with Crippen molar-refractivity contribution in [2.24, 2.45) is 5.92 Å². The van der Waals surface area contributed by atoms with E-state index in [0.29, 0.717) is 12.0 Å². The maximum atomic E-state index is 6.33. The summed E-state index contributed by atoms with van der Waals surface area (Å²) >= 11 is 6.33. The molecule has 0 amide bonds. The highest BCUT2D eigenvalue weighted by molar-refractivity contribution is 6.31. The Morgan fingerprint density at radius 3 is 2.76 bits per heavy atom. The number of likely N-dealkylation sites (N-methyl/N-ethyl adjacent to an activating group) is 1. The third-order valence-corrected chi connectivity index (χ3v) is 4.96. The second-order valence-electron chi connectivity index (χ2n) is 7.15. The summed E-state index contributed by atoms with van der Waals surface area (Å²) in [5.41, 5.74) is 1.26. The normalized spacial score (nSPS) is 24.9. The number of halogens is 1. The average Bonchev–Trinajstić information content (AvgIpc) is 3.17. The van der Waals surface area contributed by atoms with Crippen LogP contribution in [0.2, 0.25) is 5.02 Å². The first-order valence-electron chi connectivity index (χ1n) is 8.18. The minimum atomic E-state index is 0.624. The van der Waals surface area contributed by atoms with Crippen molar-refractivity contribution < 1.29 is 0 Å². The number of aromatic nitrogens is 2. The van der Waals surface area contributed by atoms with E-state index in [0.717, 1.165) is 37.2 Å². The number of nitrogens with zero attached hydrogens (tertiary/aromatic N) is 4. The van der Waals surface area contributed by atoms with E-state index in [1.807, 2.05) is 6.20 Å². The molecule has 1 aliphatic carbocycles. The molecule has 1 saturated carbocycles. The van der Waals surface area contributed by atoms with Crippen LogP contribution in [-0.2, 0) is 6.67 Å². The molecule has 118 valence electrons. The predicted molar refractivity (Wildman–Crippen MR) is 86.7 cm³/mol. The van der Waals surface area contributed by atoms with E-state index >= 15 is 0 Å². The summed E-state index contributed by atoms with van der Waals surface area (Å²) < 4.78 is 2.15. The van der Waals surface area contributed by atoms with Crippen LogP contribution in [0.1, 0.15) is 44.7 Å². The van der Waals surface area contributed by atoms with E-state index in [9.17, 15) is 0 Å². The maximum absolute atomic E-state index is 6.33. The summed E-state index contributed by atoms with van der Waals surface area (Å²) in [6, 6.07) is 0.624. The standard InChI is InChI=1S/C16H27ClN4/c1-12(2)8-14-10-19(3)6-7-20(14)11-21-16(13-4-5-13)15(17)9-18-21/h9,12-14H,4-8,10-11H2,1-3H3. The molecule has 1 atom stereocenters. The molecule has 1 aromatic heterocycles. The SMILES string of the molecule is CC(C)CC1CN(C)CCN1Cn1ncc(Cl)c1C1CC1.